The summed E-state index contributed by atoms with van der Waals surface area (Å²) in [4.78, 5) is 11.6. The number of hydrogen-bond acceptors (Lipinski definition) is 3. The van der Waals surface area contributed by atoms with Crippen LogP contribution in [0.15, 0.2) is 18.2 Å². The molecule has 76 valence electrons. The van der Waals surface area contributed by atoms with E-state index in [1.165, 1.54) is 0 Å². The molecule has 0 heterocycles. The zero-order valence-corrected chi connectivity index (χ0v) is 8.54. The molecule has 3 heteroatoms. The van der Waals surface area contributed by atoms with E-state index >= 15 is 0 Å². The molecule has 1 aromatic rings. The van der Waals surface area contributed by atoms with Gasteiger partial charge in [-0.3, -0.25) is 0 Å². The highest BCUT2D eigenvalue weighted by Gasteiger charge is 2.13. The third-order valence-corrected chi connectivity index (χ3v) is 2.06. The van der Waals surface area contributed by atoms with E-state index in [9.17, 15) is 4.79 Å². The van der Waals surface area contributed by atoms with E-state index in [1.54, 1.807) is 6.92 Å². The van der Waals surface area contributed by atoms with Crippen molar-refractivity contribution in [2.24, 2.45) is 5.73 Å². The Morgan fingerprint density at radius 3 is 2.79 bits per heavy atom. The van der Waals surface area contributed by atoms with E-state index in [0.717, 1.165) is 11.1 Å². The van der Waals surface area contributed by atoms with E-state index < -0.39 is 0 Å². The molecule has 0 bridgehead atoms. The molecular weight excluding hydrogens is 178 g/mol. The van der Waals surface area contributed by atoms with Gasteiger partial charge in [0.05, 0.1) is 12.2 Å². The van der Waals surface area contributed by atoms with Crippen LogP contribution in [0, 0.1) is 6.92 Å². The first-order valence-electron chi connectivity index (χ1n) is 4.66. The minimum absolute atomic E-state index is 0.286. The molecule has 0 spiro atoms. The molecule has 0 atom stereocenters. The Kier molecular flexibility index (Phi) is 3.65. The van der Waals surface area contributed by atoms with Crippen LogP contribution in [-0.2, 0) is 11.3 Å². The molecule has 0 aromatic heterocycles. The quantitative estimate of drug-likeness (QED) is 0.742. The summed E-state index contributed by atoms with van der Waals surface area (Å²) in [5.41, 5.74) is 7.90. The van der Waals surface area contributed by atoms with E-state index in [0.29, 0.717) is 18.7 Å². The van der Waals surface area contributed by atoms with Crippen LogP contribution >= 0.6 is 0 Å². The van der Waals surface area contributed by atoms with E-state index in [2.05, 4.69) is 0 Å². The zero-order chi connectivity index (χ0) is 10.6. The molecule has 0 aliphatic carbocycles. The Bertz CT molecular complexity index is 334. The number of ether oxygens (including phenoxy) is 1. The zero-order valence-electron chi connectivity index (χ0n) is 8.54. The summed E-state index contributed by atoms with van der Waals surface area (Å²) in [5, 5.41) is 0. The summed E-state index contributed by atoms with van der Waals surface area (Å²) in [6, 6.07) is 5.62. The lowest BCUT2D eigenvalue weighted by Crippen LogP contribution is -2.12. The van der Waals surface area contributed by atoms with Crippen molar-refractivity contribution in [3.8, 4) is 0 Å². The molecule has 1 aromatic carbocycles. The summed E-state index contributed by atoms with van der Waals surface area (Å²) >= 11 is 0. The van der Waals surface area contributed by atoms with Gasteiger partial charge >= 0.3 is 5.97 Å². The van der Waals surface area contributed by atoms with Crippen molar-refractivity contribution in [1.29, 1.82) is 0 Å². The van der Waals surface area contributed by atoms with Crippen molar-refractivity contribution in [2.45, 2.75) is 20.4 Å². The first kappa shape index (κ1) is 10.7. The fourth-order valence-corrected chi connectivity index (χ4v) is 1.39. The minimum atomic E-state index is -0.286. The predicted molar refractivity (Wildman–Crippen MR) is 55.0 cm³/mol. The smallest absolute Gasteiger partial charge is 0.338 e. The Labute approximate surface area is 83.9 Å². The van der Waals surface area contributed by atoms with Crippen molar-refractivity contribution in [1.82, 2.24) is 0 Å². The van der Waals surface area contributed by atoms with Crippen molar-refractivity contribution < 1.29 is 9.53 Å². The molecular formula is C11H15NO2. The molecule has 0 unspecified atom stereocenters. The highest BCUT2D eigenvalue weighted by Crippen LogP contribution is 2.14. The van der Waals surface area contributed by atoms with Crippen molar-refractivity contribution >= 4 is 5.97 Å². The van der Waals surface area contributed by atoms with E-state index in [-0.39, 0.29) is 5.97 Å². The van der Waals surface area contributed by atoms with Crippen LogP contribution in [0.5, 0.6) is 0 Å². The number of rotatable bonds is 3. The highest BCUT2D eigenvalue weighted by atomic mass is 16.5. The van der Waals surface area contributed by atoms with Gasteiger partial charge in [0, 0.05) is 6.54 Å². The van der Waals surface area contributed by atoms with Gasteiger partial charge in [-0.05, 0) is 25.0 Å². The number of carbonyl (C=O) groups is 1. The van der Waals surface area contributed by atoms with Gasteiger partial charge in [0.1, 0.15) is 0 Å². The lowest BCUT2D eigenvalue weighted by atomic mass is 10.0. The SMILES string of the molecule is CCOC(=O)c1c(C)cccc1CN. The minimum Gasteiger partial charge on any atom is -0.462 e. The topological polar surface area (TPSA) is 52.3 Å². The first-order valence-corrected chi connectivity index (χ1v) is 4.66. The number of hydrogen-bond donors (Lipinski definition) is 1. The number of esters is 1. The number of aryl methyl sites for hydroxylation is 1. The van der Waals surface area contributed by atoms with Crippen molar-refractivity contribution in [3.63, 3.8) is 0 Å². The molecule has 1 rings (SSSR count). The number of nitrogens with two attached hydrogens (primary N) is 1. The maximum absolute atomic E-state index is 11.6. The summed E-state index contributed by atoms with van der Waals surface area (Å²) in [6.45, 7) is 4.41. The van der Waals surface area contributed by atoms with Gasteiger partial charge in [-0.15, -0.1) is 0 Å². The standard InChI is InChI=1S/C11H15NO2/c1-3-14-11(13)10-8(2)5-4-6-9(10)7-12/h4-6H,3,7,12H2,1-2H3. The Hall–Kier alpha value is -1.35. The average Bonchev–Trinajstić information content (AvgIpc) is 2.17. The highest BCUT2D eigenvalue weighted by molar-refractivity contribution is 5.92. The number of benzene rings is 1. The molecule has 0 radical (unpaired) electrons. The molecule has 2 N–H and O–H groups in total. The van der Waals surface area contributed by atoms with Crippen LogP contribution in [0.2, 0.25) is 0 Å². The second-order valence-electron chi connectivity index (χ2n) is 3.03. The predicted octanol–water partition coefficient (Wildman–Crippen LogP) is 1.63. The molecule has 0 aliphatic heterocycles. The molecule has 0 amide bonds. The Morgan fingerprint density at radius 1 is 1.50 bits per heavy atom. The monoisotopic (exact) mass is 193 g/mol. The van der Waals surface area contributed by atoms with Crippen LogP contribution in [0.4, 0.5) is 0 Å². The van der Waals surface area contributed by atoms with Gasteiger partial charge in [-0.1, -0.05) is 18.2 Å². The van der Waals surface area contributed by atoms with E-state index in [1.807, 2.05) is 25.1 Å². The summed E-state index contributed by atoms with van der Waals surface area (Å²) < 4.78 is 4.96. The molecule has 0 fully saturated rings. The molecule has 0 aliphatic rings. The van der Waals surface area contributed by atoms with E-state index in [4.69, 9.17) is 10.5 Å². The van der Waals surface area contributed by atoms with Gasteiger partial charge in [-0.2, -0.15) is 0 Å². The number of carbonyl (C=O) groups excluding carboxylic acids is 1. The van der Waals surface area contributed by atoms with Crippen LogP contribution in [-0.4, -0.2) is 12.6 Å². The summed E-state index contributed by atoms with van der Waals surface area (Å²) in [7, 11) is 0. The lowest BCUT2D eigenvalue weighted by molar-refractivity contribution is 0.0524. The molecule has 3 nitrogen and oxygen atoms in total. The summed E-state index contributed by atoms with van der Waals surface area (Å²) in [5.74, 6) is -0.286. The van der Waals surface area contributed by atoms with Crippen molar-refractivity contribution in [2.75, 3.05) is 6.61 Å². The van der Waals surface area contributed by atoms with Gasteiger partial charge in [0.2, 0.25) is 0 Å². The van der Waals surface area contributed by atoms with Crippen molar-refractivity contribution in [3.05, 3.63) is 34.9 Å². The molecule has 14 heavy (non-hydrogen) atoms. The normalized spacial score (nSPS) is 9.93. The largest absolute Gasteiger partial charge is 0.462 e. The third kappa shape index (κ3) is 2.12. The molecule has 0 saturated heterocycles. The maximum Gasteiger partial charge on any atom is 0.338 e. The van der Waals surface area contributed by atoms with Gasteiger partial charge in [0.15, 0.2) is 0 Å². The maximum atomic E-state index is 11.6. The third-order valence-electron chi connectivity index (χ3n) is 2.06. The average molecular weight is 193 g/mol. The lowest BCUT2D eigenvalue weighted by Gasteiger charge is -2.09. The Morgan fingerprint density at radius 2 is 2.21 bits per heavy atom. The first-order chi connectivity index (χ1) is 6.70. The van der Waals surface area contributed by atoms with Gasteiger partial charge in [0.25, 0.3) is 0 Å². The fourth-order valence-electron chi connectivity index (χ4n) is 1.39. The second-order valence-corrected chi connectivity index (χ2v) is 3.03. The van der Waals surface area contributed by atoms with Gasteiger partial charge < -0.3 is 10.5 Å². The van der Waals surface area contributed by atoms with Gasteiger partial charge in [-0.25, -0.2) is 4.79 Å². The van der Waals surface area contributed by atoms with Crippen LogP contribution in [0.3, 0.4) is 0 Å². The van der Waals surface area contributed by atoms with Crippen LogP contribution < -0.4 is 5.73 Å². The Balaban J connectivity index is 3.10. The second kappa shape index (κ2) is 4.77. The van der Waals surface area contributed by atoms with Crippen LogP contribution in [0.1, 0.15) is 28.4 Å². The van der Waals surface area contributed by atoms with Crippen LogP contribution in [0.25, 0.3) is 0 Å². The fraction of sp³-hybridized carbons (Fsp3) is 0.364. The molecule has 0 saturated carbocycles. The summed E-state index contributed by atoms with van der Waals surface area (Å²) in [6.07, 6.45) is 0.